The summed E-state index contributed by atoms with van der Waals surface area (Å²) in [6.45, 7) is 0. The number of hydrogen-bond acceptors (Lipinski definition) is 2. The van der Waals surface area contributed by atoms with E-state index in [1.54, 1.807) is 17.4 Å². The summed E-state index contributed by atoms with van der Waals surface area (Å²) in [5.41, 5.74) is 6.60. The predicted octanol–water partition coefficient (Wildman–Crippen LogP) is 5.50. The molecule has 20 heavy (non-hydrogen) atoms. The smallest absolute Gasteiger partial charge is 0.129 e. The zero-order valence-electron chi connectivity index (χ0n) is 10.2. The Morgan fingerprint density at radius 3 is 2.70 bits per heavy atom. The molecule has 1 nitrogen and oxygen atoms in total. The molecule has 0 aliphatic carbocycles. The highest BCUT2D eigenvalue weighted by atomic mass is 79.9. The molecule has 0 aliphatic rings. The fourth-order valence-electron chi connectivity index (χ4n) is 2.09. The van der Waals surface area contributed by atoms with Crippen LogP contribution in [-0.4, -0.2) is 0 Å². The molecule has 0 spiro atoms. The minimum absolute atomic E-state index is 0.355. The van der Waals surface area contributed by atoms with E-state index in [4.69, 9.17) is 17.3 Å². The van der Waals surface area contributed by atoms with E-state index in [9.17, 15) is 4.39 Å². The lowest BCUT2D eigenvalue weighted by molar-refractivity contribution is 0.600. The molecule has 3 aromatic rings. The van der Waals surface area contributed by atoms with Crippen molar-refractivity contribution in [2.24, 2.45) is 5.73 Å². The van der Waals surface area contributed by atoms with Gasteiger partial charge in [0.1, 0.15) is 5.82 Å². The first-order valence-corrected chi connectivity index (χ1v) is 7.93. The monoisotopic (exact) mass is 369 g/mol. The molecular formula is C15H10BrClFNS. The molecule has 0 saturated carbocycles. The van der Waals surface area contributed by atoms with Crippen LogP contribution in [0.15, 0.2) is 46.9 Å². The van der Waals surface area contributed by atoms with Gasteiger partial charge in [0.05, 0.1) is 11.1 Å². The van der Waals surface area contributed by atoms with E-state index in [1.165, 1.54) is 6.07 Å². The van der Waals surface area contributed by atoms with Crippen LogP contribution in [0.25, 0.3) is 10.1 Å². The highest BCUT2D eigenvalue weighted by Crippen LogP contribution is 2.35. The Kier molecular flexibility index (Phi) is 3.82. The maximum absolute atomic E-state index is 14.1. The van der Waals surface area contributed by atoms with Crippen molar-refractivity contribution in [2.75, 3.05) is 0 Å². The van der Waals surface area contributed by atoms with Gasteiger partial charge in [-0.25, -0.2) is 4.39 Å². The van der Waals surface area contributed by atoms with Crippen LogP contribution in [-0.2, 0) is 0 Å². The van der Waals surface area contributed by atoms with Gasteiger partial charge >= 0.3 is 0 Å². The Hall–Kier alpha value is -0.940. The molecule has 1 aromatic heterocycles. The predicted molar refractivity (Wildman–Crippen MR) is 87.0 cm³/mol. The number of hydrogen-bond donors (Lipinski definition) is 1. The molecule has 0 fully saturated rings. The second kappa shape index (κ2) is 5.45. The Bertz CT molecular complexity index is 754. The van der Waals surface area contributed by atoms with Crippen molar-refractivity contribution in [1.29, 1.82) is 0 Å². The van der Waals surface area contributed by atoms with Gasteiger partial charge in [0.15, 0.2) is 0 Å². The van der Waals surface area contributed by atoms with Crippen LogP contribution in [0.2, 0.25) is 5.02 Å². The maximum Gasteiger partial charge on any atom is 0.129 e. The van der Waals surface area contributed by atoms with E-state index in [1.807, 2.05) is 30.3 Å². The van der Waals surface area contributed by atoms with Crippen LogP contribution in [0.1, 0.15) is 16.5 Å². The van der Waals surface area contributed by atoms with Gasteiger partial charge in [-0.05, 0) is 45.6 Å². The third-order valence-electron chi connectivity index (χ3n) is 3.13. The van der Waals surface area contributed by atoms with Gasteiger partial charge in [-0.3, -0.25) is 0 Å². The third-order valence-corrected chi connectivity index (χ3v) is 5.52. The molecule has 1 heterocycles. The normalized spacial score (nSPS) is 12.8. The molecule has 1 unspecified atom stereocenters. The van der Waals surface area contributed by atoms with Crippen molar-refractivity contribution in [2.45, 2.75) is 6.04 Å². The van der Waals surface area contributed by atoms with Gasteiger partial charge in [0.25, 0.3) is 0 Å². The average molecular weight is 371 g/mol. The molecule has 102 valence electrons. The highest BCUT2D eigenvalue weighted by Gasteiger charge is 2.18. The maximum atomic E-state index is 14.1. The molecule has 0 radical (unpaired) electrons. The Labute approximate surface area is 133 Å². The van der Waals surface area contributed by atoms with Crippen molar-refractivity contribution >= 4 is 49.0 Å². The summed E-state index contributed by atoms with van der Waals surface area (Å²) < 4.78 is 15.7. The quantitative estimate of drug-likeness (QED) is 0.592. The van der Waals surface area contributed by atoms with Crippen molar-refractivity contribution in [3.63, 3.8) is 0 Å². The van der Waals surface area contributed by atoms with E-state index >= 15 is 0 Å². The molecular weight excluding hydrogens is 361 g/mol. The largest absolute Gasteiger partial charge is 0.320 e. The molecule has 2 aromatic carbocycles. The van der Waals surface area contributed by atoms with Crippen molar-refractivity contribution in [3.05, 3.63) is 68.2 Å². The molecule has 0 bridgehead atoms. The lowest BCUT2D eigenvalue weighted by Gasteiger charge is -2.12. The van der Waals surface area contributed by atoms with Gasteiger partial charge in [-0.15, -0.1) is 11.3 Å². The summed E-state index contributed by atoms with van der Waals surface area (Å²) >= 11 is 10.8. The van der Waals surface area contributed by atoms with Gasteiger partial charge in [-0.1, -0.05) is 29.8 Å². The van der Waals surface area contributed by atoms with Crippen LogP contribution in [0.5, 0.6) is 0 Å². The van der Waals surface area contributed by atoms with Crippen LogP contribution in [0, 0.1) is 5.82 Å². The summed E-state index contributed by atoms with van der Waals surface area (Å²) in [5, 5.41) is 1.57. The molecule has 0 aliphatic heterocycles. The van der Waals surface area contributed by atoms with Crippen molar-refractivity contribution < 1.29 is 4.39 Å². The number of fused-ring (bicyclic) bond motifs is 1. The Morgan fingerprint density at radius 1 is 1.20 bits per heavy atom. The highest BCUT2D eigenvalue weighted by molar-refractivity contribution is 9.10. The lowest BCUT2D eigenvalue weighted by atomic mass is 10.1. The second-order valence-electron chi connectivity index (χ2n) is 4.45. The third kappa shape index (κ3) is 2.49. The van der Waals surface area contributed by atoms with Crippen molar-refractivity contribution in [3.8, 4) is 0 Å². The summed E-state index contributed by atoms with van der Waals surface area (Å²) in [6.07, 6.45) is 0. The Balaban J connectivity index is 2.07. The van der Waals surface area contributed by atoms with E-state index in [2.05, 4.69) is 15.9 Å². The molecule has 1 atom stereocenters. The average Bonchev–Trinajstić information content (AvgIpc) is 2.86. The van der Waals surface area contributed by atoms with Gasteiger partial charge in [-0.2, -0.15) is 0 Å². The summed E-state index contributed by atoms with van der Waals surface area (Å²) in [6, 6.07) is 12.4. The van der Waals surface area contributed by atoms with Gasteiger partial charge < -0.3 is 5.73 Å². The summed E-state index contributed by atoms with van der Waals surface area (Å²) in [7, 11) is 0. The fraction of sp³-hybridized carbons (Fsp3) is 0.0667. The Morgan fingerprint density at radius 2 is 1.95 bits per heavy atom. The lowest BCUT2D eigenvalue weighted by Crippen LogP contribution is -2.12. The first-order chi connectivity index (χ1) is 9.56. The minimum atomic E-state index is -0.516. The summed E-state index contributed by atoms with van der Waals surface area (Å²) in [5.74, 6) is -0.355. The first kappa shape index (κ1) is 14.0. The van der Waals surface area contributed by atoms with E-state index in [0.29, 0.717) is 15.1 Å². The van der Waals surface area contributed by atoms with Gasteiger partial charge in [0, 0.05) is 19.6 Å². The van der Waals surface area contributed by atoms with Gasteiger partial charge in [0.2, 0.25) is 0 Å². The first-order valence-electron chi connectivity index (χ1n) is 5.95. The number of nitrogens with two attached hydrogens (primary N) is 1. The topological polar surface area (TPSA) is 26.0 Å². The van der Waals surface area contributed by atoms with E-state index < -0.39 is 6.04 Å². The van der Waals surface area contributed by atoms with E-state index in [0.717, 1.165) is 15.0 Å². The van der Waals surface area contributed by atoms with Crippen molar-refractivity contribution in [1.82, 2.24) is 0 Å². The fourth-order valence-corrected chi connectivity index (χ4v) is 3.66. The SMILES string of the molecule is NC(c1cc2ccccc2s1)c1cc(Cl)c(Br)cc1F. The van der Waals surface area contributed by atoms with Crippen LogP contribution in [0.3, 0.4) is 0 Å². The number of thiophene rings is 1. The van der Waals surface area contributed by atoms with Crippen LogP contribution < -0.4 is 5.73 Å². The zero-order chi connectivity index (χ0) is 14.3. The van der Waals surface area contributed by atoms with Crippen LogP contribution in [0.4, 0.5) is 4.39 Å². The summed E-state index contributed by atoms with van der Waals surface area (Å²) in [4.78, 5) is 0.920. The number of halogens is 3. The molecule has 5 heteroatoms. The molecule has 2 N–H and O–H groups in total. The minimum Gasteiger partial charge on any atom is -0.320 e. The standard InChI is InChI=1S/C15H10BrClFNS/c16-10-7-12(18)9(6-11(10)17)15(19)14-5-8-3-1-2-4-13(8)20-14/h1-7,15H,19H2. The molecule has 0 saturated heterocycles. The number of rotatable bonds is 2. The second-order valence-corrected chi connectivity index (χ2v) is 6.83. The molecule has 3 rings (SSSR count). The van der Waals surface area contributed by atoms with Crippen LogP contribution >= 0.6 is 38.9 Å². The number of benzene rings is 2. The molecule has 0 amide bonds. The zero-order valence-corrected chi connectivity index (χ0v) is 13.4. The van der Waals surface area contributed by atoms with E-state index in [-0.39, 0.29) is 5.82 Å².